The van der Waals surface area contributed by atoms with Gasteiger partial charge in [-0.1, -0.05) is 6.07 Å². The van der Waals surface area contributed by atoms with Crippen LogP contribution in [0.25, 0.3) is 22.0 Å². The minimum Gasteiger partial charge on any atom is -0.384 e. The number of morpholine rings is 1. The predicted molar refractivity (Wildman–Crippen MR) is 115 cm³/mol. The van der Waals surface area contributed by atoms with E-state index in [4.69, 9.17) is 10.5 Å². The molecule has 0 spiro atoms. The maximum Gasteiger partial charge on any atom is 0.248 e. The number of nitrogens with two attached hydrogens (primary N) is 1. The second kappa shape index (κ2) is 8.63. The minimum absolute atomic E-state index is 0.424. The lowest BCUT2D eigenvalue weighted by Gasteiger charge is -2.26. The van der Waals surface area contributed by atoms with Gasteiger partial charge in [-0.3, -0.25) is 14.4 Å². The van der Waals surface area contributed by atoms with Crippen LogP contribution in [0.15, 0.2) is 42.6 Å². The van der Waals surface area contributed by atoms with Gasteiger partial charge >= 0.3 is 0 Å². The molecule has 1 fully saturated rings. The number of nitrogens with one attached hydrogen (secondary N) is 1. The van der Waals surface area contributed by atoms with E-state index in [0.717, 1.165) is 73.5 Å². The van der Waals surface area contributed by atoms with Crippen molar-refractivity contribution in [2.24, 2.45) is 12.8 Å². The summed E-state index contributed by atoms with van der Waals surface area (Å²) in [6.45, 7) is 5.56. The summed E-state index contributed by atoms with van der Waals surface area (Å²) in [4.78, 5) is 14.1. The lowest BCUT2D eigenvalue weighted by atomic mass is 9.99. The Morgan fingerprint density at radius 2 is 2.03 bits per heavy atom. The van der Waals surface area contributed by atoms with Gasteiger partial charge in [-0.05, 0) is 48.9 Å². The highest BCUT2D eigenvalue weighted by Gasteiger charge is 2.12. The van der Waals surface area contributed by atoms with Crippen molar-refractivity contribution < 1.29 is 9.53 Å². The summed E-state index contributed by atoms with van der Waals surface area (Å²) in [5.74, 6) is -0.424. The van der Waals surface area contributed by atoms with Crippen LogP contribution in [-0.2, 0) is 11.8 Å². The van der Waals surface area contributed by atoms with E-state index in [-0.39, 0.29) is 0 Å². The first-order valence-corrected chi connectivity index (χ1v) is 10.0. The summed E-state index contributed by atoms with van der Waals surface area (Å²) in [6.07, 6.45) is 2.89. The van der Waals surface area contributed by atoms with E-state index in [0.29, 0.717) is 5.56 Å². The van der Waals surface area contributed by atoms with Crippen LogP contribution in [0.2, 0.25) is 0 Å². The van der Waals surface area contributed by atoms with E-state index in [1.54, 1.807) is 6.07 Å². The molecule has 7 heteroatoms. The van der Waals surface area contributed by atoms with Crippen LogP contribution in [0.3, 0.4) is 0 Å². The first-order valence-electron chi connectivity index (χ1n) is 10.0. The third kappa shape index (κ3) is 4.41. The van der Waals surface area contributed by atoms with E-state index in [9.17, 15) is 4.79 Å². The van der Waals surface area contributed by atoms with Crippen molar-refractivity contribution in [3.63, 3.8) is 0 Å². The maximum absolute atomic E-state index is 11.7. The molecule has 1 amide bonds. The smallest absolute Gasteiger partial charge is 0.248 e. The second-order valence-corrected chi connectivity index (χ2v) is 7.40. The first kappa shape index (κ1) is 19.4. The average molecular weight is 393 g/mol. The lowest BCUT2D eigenvalue weighted by Crippen LogP contribution is -2.37. The standard InChI is InChI=1S/C22H27N5O2/c1-26-21-6-4-16(13-18(21)15-25-26)19-14-17(22(23)28)3-5-20(19)24-7-2-8-27-9-11-29-12-10-27/h3-6,13-15,24H,2,7-12H2,1H3,(H2,23,28). The Labute approximate surface area is 170 Å². The molecule has 1 aliphatic rings. The van der Waals surface area contributed by atoms with Gasteiger partial charge in [0.2, 0.25) is 5.91 Å². The number of carbonyl (C=O) groups is 1. The fraction of sp³-hybridized carbons (Fsp3) is 0.364. The van der Waals surface area contributed by atoms with Gasteiger partial charge in [0.05, 0.1) is 24.9 Å². The molecule has 0 unspecified atom stereocenters. The molecule has 1 saturated heterocycles. The molecule has 1 aromatic heterocycles. The number of hydrogen-bond donors (Lipinski definition) is 2. The minimum atomic E-state index is -0.424. The molecule has 3 aromatic rings. The highest BCUT2D eigenvalue weighted by Crippen LogP contribution is 2.31. The Morgan fingerprint density at radius 3 is 2.83 bits per heavy atom. The largest absolute Gasteiger partial charge is 0.384 e. The van der Waals surface area contributed by atoms with Crippen LogP contribution in [0.5, 0.6) is 0 Å². The van der Waals surface area contributed by atoms with Crippen molar-refractivity contribution in [2.75, 3.05) is 44.7 Å². The molecule has 7 nitrogen and oxygen atoms in total. The van der Waals surface area contributed by atoms with Crippen molar-refractivity contribution in [1.82, 2.24) is 14.7 Å². The number of fused-ring (bicyclic) bond motifs is 1. The molecule has 0 atom stereocenters. The second-order valence-electron chi connectivity index (χ2n) is 7.40. The zero-order valence-corrected chi connectivity index (χ0v) is 16.7. The van der Waals surface area contributed by atoms with Gasteiger partial charge in [0.25, 0.3) is 0 Å². The molecular weight excluding hydrogens is 366 g/mol. The van der Waals surface area contributed by atoms with E-state index in [1.165, 1.54) is 0 Å². The van der Waals surface area contributed by atoms with Crippen molar-refractivity contribution in [3.05, 3.63) is 48.2 Å². The van der Waals surface area contributed by atoms with Gasteiger partial charge in [0, 0.05) is 48.9 Å². The van der Waals surface area contributed by atoms with Crippen molar-refractivity contribution in [2.45, 2.75) is 6.42 Å². The van der Waals surface area contributed by atoms with Gasteiger partial charge in [-0.25, -0.2) is 0 Å². The Bertz CT molecular complexity index is 1010. The monoisotopic (exact) mass is 393 g/mol. The summed E-state index contributed by atoms with van der Waals surface area (Å²) in [6, 6.07) is 11.8. The summed E-state index contributed by atoms with van der Waals surface area (Å²) in [5, 5.41) is 8.92. The van der Waals surface area contributed by atoms with Crippen molar-refractivity contribution >= 4 is 22.5 Å². The molecule has 0 radical (unpaired) electrons. The quantitative estimate of drug-likeness (QED) is 0.603. The lowest BCUT2D eigenvalue weighted by molar-refractivity contribution is 0.0378. The average Bonchev–Trinajstić information content (AvgIpc) is 3.12. The normalized spacial score (nSPS) is 14.9. The van der Waals surface area contributed by atoms with Crippen molar-refractivity contribution in [1.29, 1.82) is 0 Å². The number of carbonyl (C=O) groups excluding carboxylic acids is 1. The van der Waals surface area contributed by atoms with Crippen LogP contribution < -0.4 is 11.1 Å². The summed E-state index contributed by atoms with van der Waals surface area (Å²) in [5.41, 5.74) is 10.1. The molecule has 0 bridgehead atoms. The van der Waals surface area contributed by atoms with E-state index in [1.807, 2.05) is 30.1 Å². The third-order valence-electron chi connectivity index (χ3n) is 5.43. The van der Waals surface area contributed by atoms with Gasteiger partial charge < -0.3 is 15.8 Å². The molecule has 4 rings (SSSR count). The van der Waals surface area contributed by atoms with Gasteiger partial charge in [-0.15, -0.1) is 0 Å². The Balaban J connectivity index is 1.53. The number of primary amides is 1. The van der Waals surface area contributed by atoms with E-state index in [2.05, 4.69) is 33.5 Å². The van der Waals surface area contributed by atoms with Gasteiger partial charge in [-0.2, -0.15) is 5.10 Å². The zero-order valence-electron chi connectivity index (χ0n) is 16.7. The van der Waals surface area contributed by atoms with E-state index >= 15 is 0 Å². The molecule has 0 saturated carbocycles. The number of aromatic nitrogens is 2. The Hall–Kier alpha value is -2.90. The number of aryl methyl sites for hydroxylation is 1. The van der Waals surface area contributed by atoms with Crippen LogP contribution >= 0.6 is 0 Å². The summed E-state index contributed by atoms with van der Waals surface area (Å²) >= 11 is 0. The Morgan fingerprint density at radius 1 is 1.21 bits per heavy atom. The fourth-order valence-electron chi connectivity index (χ4n) is 3.77. The van der Waals surface area contributed by atoms with E-state index < -0.39 is 5.91 Å². The number of nitrogens with zero attached hydrogens (tertiary/aromatic N) is 3. The summed E-state index contributed by atoms with van der Waals surface area (Å²) in [7, 11) is 1.93. The Kier molecular flexibility index (Phi) is 5.78. The van der Waals surface area contributed by atoms with Crippen molar-refractivity contribution in [3.8, 4) is 11.1 Å². The number of ether oxygens (including phenoxy) is 1. The molecular formula is C22H27N5O2. The summed E-state index contributed by atoms with van der Waals surface area (Å²) < 4.78 is 7.25. The topological polar surface area (TPSA) is 85.4 Å². The highest BCUT2D eigenvalue weighted by atomic mass is 16.5. The number of benzene rings is 2. The predicted octanol–water partition coefficient (Wildman–Crippen LogP) is 2.47. The van der Waals surface area contributed by atoms with Crippen LogP contribution in [0, 0.1) is 0 Å². The molecule has 29 heavy (non-hydrogen) atoms. The fourth-order valence-corrected chi connectivity index (χ4v) is 3.77. The molecule has 2 aromatic carbocycles. The molecule has 1 aliphatic heterocycles. The van der Waals surface area contributed by atoms with Crippen LogP contribution in [0.1, 0.15) is 16.8 Å². The zero-order chi connectivity index (χ0) is 20.2. The molecule has 0 aliphatic carbocycles. The number of amides is 1. The first-order chi connectivity index (χ1) is 14.1. The molecule has 152 valence electrons. The van der Waals surface area contributed by atoms with Gasteiger partial charge in [0.15, 0.2) is 0 Å². The van der Waals surface area contributed by atoms with Gasteiger partial charge in [0.1, 0.15) is 0 Å². The highest BCUT2D eigenvalue weighted by molar-refractivity contribution is 5.96. The SMILES string of the molecule is Cn1ncc2cc(-c3cc(C(N)=O)ccc3NCCCN3CCOCC3)ccc21. The number of rotatable bonds is 7. The van der Waals surface area contributed by atoms with Crippen LogP contribution in [-0.4, -0.2) is 60.0 Å². The van der Waals surface area contributed by atoms with Crippen LogP contribution in [0.4, 0.5) is 5.69 Å². The number of anilines is 1. The maximum atomic E-state index is 11.7. The molecule has 2 heterocycles. The third-order valence-corrected chi connectivity index (χ3v) is 5.43. The molecule has 3 N–H and O–H groups in total. The number of hydrogen-bond acceptors (Lipinski definition) is 5.